The van der Waals surface area contributed by atoms with Crippen molar-refractivity contribution in [3.63, 3.8) is 0 Å². The first-order valence-electron chi connectivity index (χ1n) is 13.1. The van der Waals surface area contributed by atoms with Gasteiger partial charge in [-0.1, -0.05) is 49.8 Å². The molecule has 3 fully saturated rings. The lowest BCUT2D eigenvalue weighted by molar-refractivity contribution is -0.194. The first-order chi connectivity index (χ1) is 16.5. The third-order valence-electron chi connectivity index (χ3n) is 9.75. The Labute approximate surface area is 215 Å². The van der Waals surface area contributed by atoms with E-state index in [0.717, 1.165) is 29.6 Å². The summed E-state index contributed by atoms with van der Waals surface area (Å²) in [6, 6.07) is 0. The van der Waals surface area contributed by atoms with Crippen molar-refractivity contribution < 1.29 is 30.0 Å². The molecule has 3 aliphatic carbocycles. The molecule has 0 bridgehead atoms. The van der Waals surface area contributed by atoms with E-state index in [-0.39, 0.29) is 28.4 Å². The third-order valence-corrected chi connectivity index (χ3v) is 9.75. The fourth-order valence-corrected chi connectivity index (χ4v) is 7.52. The number of hydrogen-bond acceptors (Lipinski definition) is 5. The molecule has 0 heterocycles. The summed E-state index contributed by atoms with van der Waals surface area (Å²) in [4.78, 5) is 25.7. The molecule has 3 aliphatic rings. The largest absolute Gasteiger partial charge is 0.481 e. The normalized spacial score (nSPS) is 39.9. The fraction of sp³-hybridized carbons (Fsp3) is 0.667. The topological polar surface area (TPSA) is 115 Å². The number of ketones is 1. The minimum Gasteiger partial charge on any atom is -0.481 e. The van der Waals surface area contributed by atoms with Gasteiger partial charge in [-0.25, -0.2) is 0 Å². The number of carboxylic acids is 1. The van der Waals surface area contributed by atoms with Gasteiger partial charge in [-0.15, -0.1) is 0 Å². The molecule has 200 valence electrons. The Morgan fingerprint density at radius 2 is 1.72 bits per heavy atom. The van der Waals surface area contributed by atoms with E-state index in [9.17, 15) is 30.0 Å². The Hall–Kier alpha value is -2.02. The molecule has 0 radical (unpaired) electrons. The standard InChI is InChI=1S/C30H44O6/c1-18(11-12-23(32)27(3,4)36)9-8-10-19(2)25-20(31)17-22-28(5)16-14-24(33)30(7,26(34)35)21(28)13-15-29(22,25)6/h8-12,21-24,32-33,36H,13-17H2,1-7H3,(H,34,35)/b10-8+,12-11+,18-9+,25-19?/t21-,22+,23+,24-,28+,29+,30-/m1/s1. The number of hydrogen-bond donors (Lipinski definition) is 4. The van der Waals surface area contributed by atoms with Crippen molar-refractivity contribution >= 4 is 11.8 Å². The molecule has 0 aliphatic heterocycles. The number of carbonyl (C=O) groups excluding carboxylic acids is 1. The number of carbonyl (C=O) groups is 2. The van der Waals surface area contributed by atoms with Crippen molar-refractivity contribution in [1.29, 1.82) is 0 Å². The number of aliphatic hydroxyl groups is 3. The van der Waals surface area contributed by atoms with Crippen LogP contribution < -0.4 is 0 Å². The Kier molecular flexibility index (Phi) is 7.69. The van der Waals surface area contributed by atoms with Crippen molar-refractivity contribution in [2.24, 2.45) is 28.1 Å². The van der Waals surface area contributed by atoms with E-state index in [1.807, 2.05) is 32.1 Å². The number of Topliss-reactive ketones (excluding diaryl/α,β-unsaturated/α-hetero) is 1. The highest BCUT2D eigenvalue weighted by Gasteiger charge is 2.67. The van der Waals surface area contributed by atoms with Crippen LogP contribution >= 0.6 is 0 Å². The first-order valence-corrected chi connectivity index (χ1v) is 13.1. The van der Waals surface area contributed by atoms with Crippen LogP contribution in [0.4, 0.5) is 0 Å². The minimum absolute atomic E-state index is 0.0457. The lowest BCUT2D eigenvalue weighted by Gasteiger charge is -2.61. The molecular formula is C30H44O6. The van der Waals surface area contributed by atoms with Crippen molar-refractivity contribution in [3.05, 3.63) is 47.1 Å². The van der Waals surface area contributed by atoms with Gasteiger partial charge in [-0.3, -0.25) is 9.59 Å². The van der Waals surface area contributed by atoms with Crippen molar-refractivity contribution in [2.75, 3.05) is 0 Å². The van der Waals surface area contributed by atoms with E-state index < -0.39 is 29.2 Å². The van der Waals surface area contributed by atoms with E-state index in [1.165, 1.54) is 0 Å². The van der Waals surface area contributed by atoms with Crippen LogP contribution in [0.3, 0.4) is 0 Å². The maximum atomic E-state index is 13.4. The summed E-state index contributed by atoms with van der Waals surface area (Å²) < 4.78 is 0. The number of aliphatic carboxylic acids is 1. The molecule has 0 aromatic heterocycles. The number of aliphatic hydroxyl groups excluding tert-OH is 2. The predicted molar refractivity (Wildman–Crippen MR) is 140 cm³/mol. The third kappa shape index (κ3) is 4.68. The maximum absolute atomic E-state index is 13.4. The zero-order valence-electron chi connectivity index (χ0n) is 22.8. The maximum Gasteiger partial charge on any atom is 0.312 e. The molecule has 6 nitrogen and oxygen atoms in total. The molecule has 6 heteroatoms. The van der Waals surface area contributed by atoms with E-state index in [0.29, 0.717) is 19.3 Å². The summed E-state index contributed by atoms with van der Waals surface area (Å²) in [6.45, 7) is 13.0. The number of carboxylic acid groups (broad SMARTS) is 1. The second-order valence-corrected chi connectivity index (χ2v) is 12.6. The molecule has 0 aromatic carbocycles. The predicted octanol–water partition coefficient (Wildman–Crippen LogP) is 4.75. The molecule has 3 rings (SSSR count). The summed E-state index contributed by atoms with van der Waals surface area (Å²) in [6.07, 6.45) is 10.2. The first kappa shape index (κ1) is 28.5. The van der Waals surface area contributed by atoms with Gasteiger partial charge in [-0.2, -0.15) is 0 Å². The highest BCUT2D eigenvalue weighted by atomic mass is 16.4. The van der Waals surface area contributed by atoms with Crippen LogP contribution in [0.1, 0.15) is 80.6 Å². The molecule has 0 amide bonds. The SMILES string of the molecule is CC(/C=C/C=C(C)/C=C/[C@H](O)C(C)(C)O)=C1C(=O)C[C@H]2[C@@]3(C)CC[C@@H](O)[C@](C)(C(=O)O)[C@@H]3CC[C@]12C. The Morgan fingerprint density at radius 3 is 2.31 bits per heavy atom. The minimum atomic E-state index is -1.21. The highest BCUT2D eigenvalue weighted by molar-refractivity contribution is 6.01. The molecule has 0 spiro atoms. The summed E-state index contributed by atoms with van der Waals surface area (Å²) in [7, 11) is 0. The number of allylic oxidation sites excluding steroid dienone is 7. The van der Waals surface area contributed by atoms with Gasteiger partial charge in [0.1, 0.15) is 6.10 Å². The van der Waals surface area contributed by atoms with Gasteiger partial charge >= 0.3 is 5.97 Å². The highest BCUT2D eigenvalue weighted by Crippen LogP contribution is 2.69. The van der Waals surface area contributed by atoms with Gasteiger partial charge in [0, 0.05) is 17.4 Å². The lowest BCUT2D eigenvalue weighted by atomic mass is 9.43. The lowest BCUT2D eigenvalue weighted by Crippen LogP contribution is -2.61. The fourth-order valence-electron chi connectivity index (χ4n) is 7.52. The van der Waals surface area contributed by atoms with Gasteiger partial charge < -0.3 is 20.4 Å². The van der Waals surface area contributed by atoms with E-state index in [1.54, 1.807) is 32.9 Å². The van der Waals surface area contributed by atoms with Crippen LogP contribution in [0, 0.1) is 28.1 Å². The molecule has 0 saturated heterocycles. The van der Waals surface area contributed by atoms with Crippen LogP contribution in [0.15, 0.2) is 47.1 Å². The monoisotopic (exact) mass is 500 g/mol. The van der Waals surface area contributed by atoms with Gasteiger partial charge in [0.15, 0.2) is 5.78 Å². The summed E-state index contributed by atoms with van der Waals surface area (Å²) >= 11 is 0. The molecule has 4 N–H and O–H groups in total. The molecular weight excluding hydrogens is 456 g/mol. The quantitative estimate of drug-likeness (QED) is 0.309. The molecule has 0 aromatic rings. The summed E-state index contributed by atoms with van der Waals surface area (Å²) in [5.74, 6) is -0.933. The molecule has 36 heavy (non-hydrogen) atoms. The summed E-state index contributed by atoms with van der Waals surface area (Å²) in [5.41, 5.74) is -0.392. The van der Waals surface area contributed by atoms with E-state index in [4.69, 9.17) is 0 Å². The Morgan fingerprint density at radius 1 is 1.08 bits per heavy atom. The van der Waals surface area contributed by atoms with Crippen LogP contribution in [-0.2, 0) is 9.59 Å². The van der Waals surface area contributed by atoms with Crippen LogP contribution in [0.5, 0.6) is 0 Å². The van der Waals surface area contributed by atoms with Crippen molar-refractivity contribution in [3.8, 4) is 0 Å². The van der Waals surface area contributed by atoms with Crippen LogP contribution in [0.2, 0.25) is 0 Å². The van der Waals surface area contributed by atoms with E-state index in [2.05, 4.69) is 13.8 Å². The molecule has 3 saturated carbocycles. The Balaban J connectivity index is 1.89. The van der Waals surface area contributed by atoms with Gasteiger partial charge in [0.25, 0.3) is 0 Å². The zero-order valence-corrected chi connectivity index (χ0v) is 22.8. The van der Waals surface area contributed by atoms with Gasteiger partial charge in [0.05, 0.1) is 17.1 Å². The second-order valence-electron chi connectivity index (χ2n) is 12.6. The second kappa shape index (κ2) is 9.70. The number of fused-ring (bicyclic) bond motifs is 3. The zero-order chi connectivity index (χ0) is 27.3. The van der Waals surface area contributed by atoms with Crippen LogP contribution in [0.25, 0.3) is 0 Å². The van der Waals surface area contributed by atoms with Crippen LogP contribution in [-0.4, -0.2) is 50.0 Å². The molecule has 7 atom stereocenters. The van der Waals surface area contributed by atoms with E-state index >= 15 is 0 Å². The summed E-state index contributed by atoms with van der Waals surface area (Å²) in [5, 5.41) is 40.6. The van der Waals surface area contributed by atoms with Gasteiger partial charge in [0.2, 0.25) is 0 Å². The van der Waals surface area contributed by atoms with Crippen molar-refractivity contribution in [1.82, 2.24) is 0 Å². The molecule has 0 unspecified atom stereocenters. The van der Waals surface area contributed by atoms with Gasteiger partial charge in [-0.05, 0) is 83.1 Å². The smallest absolute Gasteiger partial charge is 0.312 e. The average molecular weight is 501 g/mol. The van der Waals surface area contributed by atoms with Crippen molar-refractivity contribution in [2.45, 2.75) is 98.4 Å². The Bertz CT molecular complexity index is 1030. The number of rotatable bonds is 6. The average Bonchev–Trinajstić information content (AvgIpc) is 3.05.